The number of hydrogen-bond donors (Lipinski definition) is 1. The third-order valence-corrected chi connectivity index (χ3v) is 5.01. The second-order valence-electron chi connectivity index (χ2n) is 6.50. The molecule has 0 bridgehead atoms. The number of hydrogen-bond acceptors (Lipinski definition) is 4. The van der Waals surface area contributed by atoms with Crippen molar-refractivity contribution in [1.82, 2.24) is 20.1 Å². The fraction of sp³-hybridized carbons (Fsp3) is 0.500. The van der Waals surface area contributed by atoms with E-state index in [1.807, 2.05) is 12.3 Å². The highest BCUT2D eigenvalue weighted by Gasteiger charge is 2.25. The van der Waals surface area contributed by atoms with E-state index < -0.39 is 0 Å². The summed E-state index contributed by atoms with van der Waals surface area (Å²) in [6.07, 6.45) is 3.35. The van der Waals surface area contributed by atoms with Crippen molar-refractivity contribution >= 4 is 10.9 Å². The molecule has 1 N–H and O–H groups in total. The summed E-state index contributed by atoms with van der Waals surface area (Å²) in [6.45, 7) is 8.13. The van der Waals surface area contributed by atoms with E-state index in [0.717, 1.165) is 18.1 Å². The summed E-state index contributed by atoms with van der Waals surface area (Å²) in [5.74, 6) is 0. The quantitative estimate of drug-likeness (QED) is 0.934. The molecule has 0 radical (unpaired) electrons. The highest BCUT2D eigenvalue weighted by Crippen LogP contribution is 2.16. The van der Waals surface area contributed by atoms with Gasteiger partial charge in [-0.05, 0) is 30.7 Å². The minimum atomic E-state index is 0.768. The van der Waals surface area contributed by atoms with E-state index in [1.165, 1.54) is 56.6 Å². The maximum Gasteiger partial charge on any atom is 0.0702 e. The molecule has 116 valence electrons. The van der Waals surface area contributed by atoms with Crippen LogP contribution in [0, 0.1) is 0 Å². The molecular weight excluding hydrogens is 272 g/mol. The summed E-state index contributed by atoms with van der Waals surface area (Å²) in [5, 5.41) is 4.72. The molecule has 1 unspecified atom stereocenters. The van der Waals surface area contributed by atoms with E-state index in [0.29, 0.717) is 0 Å². The largest absolute Gasteiger partial charge is 0.315 e. The van der Waals surface area contributed by atoms with Crippen LogP contribution in [0.4, 0.5) is 0 Å². The molecule has 1 aromatic heterocycles. The Labute approximate surface area is 132 Å². The van der Waals surface area contributed by atoms with Crippen LogP contribution >= 0.6 is 0 Å². The first-order valence-electron chi connectivity index (χ1n) is 8.39. The molecule has 0 amide bonds. The maximum atomic E-state index is 4.58. The summed E-state index contributed by atoms with van der Waals surface area (Å²) < 4.78 is 0. The average Bonchev–Trinajstić information content (AvgIpc) is 3.10. The van der Waals surface area contributed by atoms with Gasteiger partial charge in [-0.2, -0.15) is 0 Å². The molecule has 3 heterocycles. The van der Waals surface area contributed by atoms with Crippen LogP contribution in [0.25, 0.3) is 10.9 Å². The lowest BCUT2D eigenvalue weighted by Crippen LogP contribution is -2.50. The first-order valence-corrected chi connectivity index (χ1v) is 8.39. The normalized spacial score (nSPS) is 24.1. The Morgan fingerprint density at radius 2 is 2.00 bits per heavy atom. The van der Waals surface area contributed by atoms with Gasteiger partial charge in [0.1, 0.15) is 0 Å². The lowest BCUT2D eigenvalue weighted by Gasteiger charge is -2.37. The SMILES string of the molecule is c1ccc2ncc(CN3CCN(C4CCNC4)CC3)cc2c1. The molecule has 2 saturated heterocycles. The minimum Gasteiger partial charge on any atom is -0.315 e. The van der Waals surface area contributed by atoms with E-state index in [-0.39, 0.29) is 0 Å². The number of fused-ring (bicyclic) bond motifs is 1. The van der Waals surface area contributed by atoms with E-state index in [9.17, 15) is 0 Å². The summed E-state index contributed by atoms with van der Waals surface area (Å²) in [4.78, 5) is 9.80. The van der Waals surface area contributed by atoms with Crippen LogP contribution in [0.15, 0.2) is 36.5 Å². The van der Waals surface area contributed by atoms with Crippen molar-refractivity contribution in [3.05, 3.63) is 42.1 Å². The molecule has 22 heavy (non-hydrogen) atoms. The zero-order chi connectivity index (χ0) is 14.8. The van der Waals surface area contributed by atoms with E-state index in [4.69, 9.17) is 0 Å². The van der Waals surface area contributed by atoms with Crippen molar-refractivity contribution < 1.29 is 0 Å². The number of para-hydroxylation sites is 1. The van der Waals surface area contributed by atoms with Gasteiger partial charge in [0.15, 0.2) is 0 Å². The van der Waals surface area contributed by atoms with Crippen LogP contribution in [0.3, 0.4) is 0 Å². The lowest BCUT2D eigenvalue weighted by atomic mass is 10.1. The molecule has 1 aromatic carbocycles. The van der Waals surface area contributed by atoms with Crippen LogP contribution in [0.5, 0.6) is 0 Å². The van der Waals surface area contributed by atoms with Gasteiger partial charge in [0, 0.05) is 56.9 Å². The molecular formula is C18H24N4. The van der Waals surface area contributed by atoms with E-state index in [1.54, 1.807) is 0 Å². The van der Waals surface area contributed by atoms with Gasteiger partial charge in [-0.15, -0.1) is 0 Å². The molecule has 0 aliphatic carbocycles. The van der Waals surface area contributed by atoms with Gasteiger partial charge in [0.25, 0.3) is 0 Å². The highest BCUT2D eigenvalue weighted by molar-refractivity contribution is 5.78. The van der Waals surface area contributed by atoms with Gasteiger partial charge < -0.3 is 5.32 Å². The number of benzene rings is 1. The highest BCUT2D eigenvalue weighted by atomic mass is 15.3. The van der Waals surface area contributed by atoms with Gasteiger partial charge >= 0.3 is 0 Å². The van der Waals surface area contributed by atoms with Crippen molar-refractivity contribution in [2.75, 3.05) is 39.3 Å². The number of nitrogens with one attached hydrogen (secondary N) is 1. The minimum absolute atomic E-state index is 0.768. The van der Waals surface area contributed by atoms with Crippen molar-refractivity contribution in [2.45, 2.75) is 19.0 Å². The standard InChI is InChI=1S/C18H24N4/c1-2-4-18-16(3-1)11-15(12-20-18)14-21-7-9-22(10-8-21)17-5-6-19-13-17/h1-4,11-12,17,19H,5-10,13-14H2. The Hall–Kier alpha value is -1.49. The van der Waals surface area contributed by atoms with Crippen LogP contribution in [-0.4, -0.2) is 60.1 Å². The molecule has 0 spiro atoms. The Kier molecular flexibility index (Phi) is 4.06. The van der Waals surface area contributed by atoms with Gasteiger partial charge in [-0.1, -0.05) is 18.2 Å². The summed E-state index contributed by atoms with van der Waals surface area (Å²) >= 11 is 0. The van der Waals surface area contributed by atoms with Crippen LogP contribution < -0.4 is 5.32 Å². The molecule has 4 rings (SSSR count). The van der Waals surface area contributed by atoms with Crippen molar-refractivity contribution in [1.29, 1.82) is 0 Å². The van der Waals surface area contributed by atoms with Crippen LogP contribution in [-0.2, 0) is 6.54 Å². The molecule has 4 heteroatoms. The maximum absolute atomic E-state index is 4.58. The van der Waals surface area contributed by atoms with Gasteiger partial charge in [0.05, 0.1) is 5.52 Å². The fourth-order valence-electron chi connectivity index (χ4n) is 3.70. The molecule has 2 aliphatic rings. The van der Waals surface area contributed by atoms with Crippen molar-refractivity contribution in [3.63, 3.8) is 0 Å². The number of aromatic nitrogens is 1. The fourth-order valence-corrected chi connectivity index (χ4v) is 3.70. The lowest BCUT2D eigenvalue weighted by molar-refractivity contribution is 0.0981. The third-order valence-electron chi connectivity index (χ3n) is 5.01. The predicted octanol–water partition coefficient (Wildman–Crippen LogP) is 1.71. The molecule has 2 aromatic rings. The Morgan fingerprint density at radius 3 is 2.82 bits per heavy atom. The topological polar surface area (TPSA) is 31.4 Å². The van der Waals surface area contributed by atoms with Gasteiger partial charge in [0.2, 0.25) is 0 Å². The summed E-state index contributed by atoms with van der Waals surface area (Å²) in [6, 6.07) is 11.4. The smallest absolute Gasteiger partial charge is 0.0702 e. The Morgan fingerprint density at radius 1 is 1.14 bits per heavy atom. The first kappa shape index (κ1) is 14.1. The monoisotopic (exact) mass is 296 g/mol. The number of pyridine rings is 1. The third kappa shape index (κ3) is 3.00. The second-order valence-corrected chi connectivity index (χ2v) is 6.50. The predicted molar refractivity (Wildman–Crippen MR) is 89.9 cm³/mol. The average molecular weight is 296 g/mol. The summed E-state index contributed by atoms with van der Waals surface area (Å²) in [7, 11) is 0. The molecule has 4 nitrogen and oxygen atoms in total. The van der Waals surface area contributed by atoms with Gasteiger partial charge in [-0.3, -0.25) is 14.8 Å². The molecule has 2 fully saturated rings. The van der Waals surface area contributed by atoms with E-state index >= 15 is 0 Å². The zero-order valence-corrected chi connectivity index (χ0v) is 13.0. The van der Waals surface area contributed by atoms with Crippen LogP contribution in [0.2, 0.25) is 0 Å². The number of rotatable bonds is 3. The zero-order valence-electron chi connectivity index (χ0n) is 13.0. The number of piperazine rings is 1. The Balaban J connectivity index is 1.37. The van der Waals surface area contributed by atoms with Crippen molar-refractivity contribution in [3.8, 4) is 0 Å². The van der Waals surface area contributed by atoms with E-state index in [2.05, 4.69) is 44.4 Å². The molecule has 0 saturated carbocycles. The summed E-state index contributed by atoms with van der Waals surface area (Å²) in [5.41, 5.74) is 2.42. The van der Waals surface area contributed by atoms with Gasteiger partial charge in [-0.25, -0.2) is 0 Å². The molecule has 1 atom stereocenters. The van der Waals surface area contributed by atoms with Crippen LogP contribution in [0.1, 0.15) is 12.0 Å². The second kappa shape index (κ2) is 6.32. The van der Waals surface area contributed by atoms with Crippen molar-refractivity contribution in [2.24, 2.45) is 0 Å². The number of nitrogens with zero attached hydrogens (tertiary/aromatic N) is 3. The Bertz CT molecular complexity index is 628. The molecule has 2 aliphatic heterocycles. The first-order chi connectivity index (χ1) is 10.9.